The van der Waals surface area contributed by atoms with E-state index < -0.39 is 11.3 Å². The van der Waals surface area contributed by atoms with Gasteiger partial charge in [-0.25, -0.2) is 0 Å². The number of rotatable bonds is 3. The number of H-pyrrole nitrogens is 1. The minimum atomic E-state index is -2.91. The Bertz CT molecular complexity index is 265. The van der Waals surface area contributed by atoms with Gasteiger partial charge in [-0.15, -0.1) is 0 Å². The summed E-state index contributed by atoms with van der Waals surface area (Å²) >= 11 is 0. The Morgan fingerprint density at radius 3 is 2.46 bits per heavy atom. The van der Waals surface area contributed by atoms with Gasteiger partial charge in [0.15, 0.2) is 0 Å². The fourth-order valence-corrected chi connectivity index (χ4v) is 1.02. The zero-order valence-corrected chi connectivity index (χ0v) is 7.77. The van der Waals surface area contributed by atoms with Crippen molar-refractivity contribution in [3.05, 3.63) is 24.0 Å². The quantitative estimate of drug-likeness (QED) is 0.749. The molecular weight excluding hydrogens is 174 g/mol. The molecule has 4 heteroatoms. The van der Waals surface area contributed by atoms with E-state index in [1.807, 2.05) is 0 Å². The molecule has 0 fully saturated rings. The maximum Gasteiger partial charge on any atom is 0.293 e. The number of aromatic nitrogens is 1. The highest BCUT2D eigenvalue weighted by molar-refractivity contribution is 5.14. The molecule has 0 aromatic carbocycles. The van der Waals surface area contributed by atoms with Crippen LogP contribution in [0.15, 0.2) is 18.3 Å². The van der Waals surface area contributed by atoms with Crippen LogP contribution < -0.4 is 5.73 Å². The summed E-state index contributed by atoms with van der Waals surface area (Å²) in [5.74, 6) is -2.91. The molecule has 3 N–H and O–H groups in total. The molecule has 0 saturated carbocycles. The highest BCUT2D eigenvalue weighted by atomic mass is 19.3. The normalized spacial score (nSPS) is 13.3. The molecule has 1 aromatic rings. The summed E-state index contributed by atoms with van der Waals surface area (Å²) in [4.78, 5) is 2.51. The third kappa shape index (κ3) is 1.58. The van der Waals surface area contributed by atoms with Gasteiger partial charge in [-0.2, -0.15) is 8.78 Å². The van der Waals surface area contributed by atoms with Crippen LogP contribution in [-0.4, -0.2) is 11.5 Å². The van der Waals surface area contributed by atoms with Crippen LogP contribution in [0.2, 0.25) is 0 Å². The van der Waals surface area contributed by atoms with Crippen LogP contribution in [0, 0.1) is 5.41 Å². The molecule has 1 aromatic heterocycles. The van der Waals surface area contributed by atoms with Crippen molar-refractivity contribution in [2.45, 2.75) is 19.8 Å². The number of nitrogens with one attached hydrogen (secondary N) is 1. The zero-order chi connectivity index (χ0) is 10.1. The van der Waals surface area contributed by atoms with E-state index in [1.54, 1.807) is 6.07 Å². The van der Waals surface area contributed by atoms with Gasteiger partial charge >= 0.3 is 0 Å². The van der Waals surface area contributed by atoms with Gasteiger partial charge in [0.25, 0.3) is 5.92 Å². The minimum Gasteiger partial charge on any atom is -0.360 e. The summed E-state index contributed by atoms with van der Waals surface area (Å²) in [5, 5.41) is 0. The van der Waals surface area contributed by atoms with Crippen LogP contribution in [0.4, 0.5) is 8.78 Å². The van der Waals surface area contributed by atoms with E-state index in [1.165, 1.54) is 26.1 Å². The summed E-state index contributed by atoms with van der Waals surface area (Å²) in [7, 11) is 0. The molecule has 0 aliphatic heterocycles. The summed E-state index contributed by atoms with van der Waals surface area (Å²) in [6.07, 6.45) is 1.48. The number of hydrogen-bond donors (Lipinski definition) is 2. The Labute approximate surface area is 76.1 Å². The molecule has 1 heterocycles. The second kappa shape index (κ2) is 3.10. The molecule has 13 heavy (non-hydrogen) atoms. The zero-order valence-electron chi connectivity index (χ0n) is 7.77. The molecule has 0 unspecified atom stereocenters. The number of alkyl halides is 2. The van der Waals surface area contributed by atoms with Crippen molar-refractivity contribution >= 4 is 0 Å². The number of aromatic amines is 1. The van der Waals surface area contributed by atoms with E-state index in [0.29, 0.717) is 0 Å². The van der Waals surface area contributed by atoms with Gasteiger partial charge in [0.1, 0.15) is 0 Å². The smallest absolute Gasteiger partial charge is 0.293 e. The molecule has 0 aliphatic carbocycles. The van der Waals surface area contributed by atoms with Gasteiger partial charge in [-0.3, -0.25) is 0 Å². The Morgan fingerprint density at radius 1 is 1.46 bits per heavy atom. The monoisotopic (exact) mass is 188 g/mol. The second-order valence-electron chi connectivity index (χ2n) is 3.75. The highest BCUT2D eigenvalue weighted by Crippen LogP contribution is 2.43. The van der Waals surface area contributed by atoms with Gasteiger partial charge in [0, 0.05) is 18.2 Å². The molecule has 0 amide bonds. The Hall–Kier alpha value is -0.900. The summed E-state index contributed by atoms with van der Waals surface area (Å²) in [6, 6.07) is 2.92. The summed E-state index contributed by atoms with van der Waals surface area (Å²) < 4.78 is 27.3. The molecule has 0 aliphatic rings. The first-order chi connectivity index (χ1) is 5.92. The lowest BCUT2D eigenvalue weighted by atomic mass is 9.84. The average Bonchev–Trinajstić information content (AvgIpc) is 2.56. The molecule has 0 radical (unpaired) electrons. The average molecular weight is 188 g/mol. The topological polar surface area (TPSA) is 41.8 Å². The number of nitrogens with two attached hydrogens (primary N) is 1. The van der Waals surface area contributed by atoms with Crippen molar-refractivity contribution in [3.8, 4) is 0 Å². The Kier molecular flexibility index (Phi) is 2.43. The predicted octanol–water partition coefficient (Wildman–Crippen LogP) is 2.09. The van der Waals surface area contributed by atoms with Crippen LogP contribution in [0.25, 0.3) is 0 Å². The van der Waals surface area contributed by atoms with Gasteiger partial charge in [-0.05, 0) is 12.1 Å². The largest absolute Gasteiger partial charge is 0.360 e. The van der Waals surface area contributed by atoms with Crippen molar-refractivity contribution in [3.63, 3.8) is 0 Å². The van der Waals surface area contributed by atoms with Gasteiger partial charge in [0.2, 0.25) is 0 Å². The lowest BCUT2D eigenvalue weighted by Crippen LogP contribution is -2.40. The van der Waals surface area contributed by atoms with Gasteiger partial charge < -0.3 is 10.7 Å². The first-order valence-corrected chi connectivity index (χ1v) is 4.13. The Balaban J connectivity index is 3.02. The molecular formula is C9H14F2N2. The summed E-state index contributed by atoms with van der Waals surface area (Å²) in [5.41, 5.74) is 4.00. The first kappa shape index (κ1) is 10.2. The predicted molar refractivity (Wildman–Crippen MR) is 47.5 cm³/mol. The third-order valence-corrected chi connectivity index (χ3v) is 2.30. The SMILES string of the molecule is CC(C)(CN)C(F)(F)c1ccc[nH]1. The molecule has 0 bridgehead atoms. The first-order valence-electron chi connectivity index (χ1n) is 4.13. The lowest BCUT2D eigenvalue weighted by molar-refractivity contribution is -0.111. The second-order valence-corrected chi connectivity index (χ2v) is 3.75. The van der Waals surface area contributed by atoms with Gasteiger partial charge in [-0.1, -0.05) is 13.8 Å². The molecule has 0 atom stereocenters. The fourth-order valence-electron chi connectivity index (χ4n) is 1.02. The van der Waals surface area contributed by atoms with E-state index in [0.717, 1.165) is 0 Å². The summed E-state index contributed by atoms with van der Waals surface area (Å²) in [6.45, 7) is 2.85. The maximum atomic E-state index is 13.7. The standard InChI is InChI=1S/C9H14F2N2/c1-8(2,6-12)9(10,11)7-4-3-5-13-7/h3-5,13H,6,12H2,1-2H3. The van der Waals surface area contributed by atoms with Crippen molar-refractivity contribution < 1.29 is 8.78 Å². The van der Waals surface area contributed by atoms with E-state index >= 15 is 0 Å². The Morgan fingerprint density at radius 2 is 2.08 bits per heavy atom. The van der Waals surface area contributed by atoms with Crippen molar-refractivity contribution in [2.75, 3.05) is 6.54 Å². The van der Waals surface area contributed by atoms with E-state index in [-0.39, 0.29) is 12.2 Å². The number of hydrogen-bond acceptors (Lipinski definition) is 1. The number of halogens is 2. The molecule has 2 nitrogen and oxygen atoms in total. The van der Waals surface area contributed by atoms with E-state index in [9.17, 15) is 8.78 Å². The van der Waals surface area contributed by atoms with Crippen molar-refractivity contribution in [2.24, 2.45) is 11.1 Å². The molecule has 1 rings (SSSR count). The van der Waals surface area contributed by atoms with Crippen molar-refractivity contribution in [1.29, 1.82) is 0 Å². The van der Waals surface area contributed by atoms with Gasteiger partial charge in [0.05, 0.1) is 5.69 Å². The van der Waals surface area contributed by atoms with E-state index in [4.69, 9.17) is 5.73 Å². The maximum absolute atomic E-state index is 13.7. The molecule has 74 valence electrons. The third-order valence-electron chi connectivity index (χ3n) is 2.30. The van der Waals surface area contributed by atoms with Crippen LogP contribution >= 0.6 is 0 Å². The molecule has 0 saturated heterocycles. The fraction of sp³-hybridized carbons (Fsp3) is 0.556. The molecule has 0 spiro atoms. The van der Waals surface area contributed by atoms with Crippen molar-refractivity contribution in [1.82, 2.24) is 4.98 Å². The lowest BCUT2D eigenvalue weighted by Gasteiger charge is -2.32. The van der Waals surface area contributed by atoms with Crippen LogP contribution in [0.3, 0.4) is 0 Å². The highest BCUT2D eigenvalue weighted by Gasteiger charge is 2.47. The van der Waals surface area contributed by atoms with Crippen LogP contribution in [0.5, 0.6) is 0 Å². The van der Waals surface area contributed by atoms with Crippen LogP contribution in [-0.2, 0) is 5.92 Å². The van der Waals surface area contributed by atoms with E-state index in [2.05, 4.69) is 4.98 Å². The minimum absolute atomic E-state index is 0.0565. The van der Waals surface area contributed by atoms with Crippen LogP contribution in [0.1, 0.15) is 19.5 Å².